The van der Waals surface area contributed by atoms with Crippen LogP contribution in [0.15, 0.2) is 42.5 Å². The summed E-state index contributed by atoms with van der Waals surface area (Å²) in [5.74, 6) is 1.91. The van der Waals surface area contributed by atoms with Gasteiger partial charge in [-0.15, -0.1) is 0 Å². The number of hydrogen-bond donors (Lipinski definition) is 1. The third kappa shape index (κ3) is 2.96. The summed E-state index contributed by atoms with van der Waals surface area (Å²) in [7, 11) is 2.00. The number of nitrogens with one attached hydrogen (secondary N) is 1. The summed E-state index contributed by atoms with van der Waals surface area (Å²) in [4.78, 5) is 0. The first-order valence-corrected chi connectivity index (χ1v) is 7.87. The quantitative estimate of drug-likeness (QED) is 0.862. The van der Waals surface area contributed by atoms with Crippen LogP contribution in [-0.4, -0.2) is 7.05 Å². The van der Waals surface area contributed by atoms with Crippen molar-refractivity contribution in [3.05, 3.63) is 59.2 Å². The van der Waals surface area contributed by atoms with Crippen LogP contribution in [0.3, 0.4) is 0 Å². The predicted molar refractivity (Wildman–Crippen MR) is 87.1 cm³/mol. The molecule has 1 N–H and O–H groups in total. The lowest BCUT2D eigenvalue weighted by Gasteiger charge is -2.18. The molecule has 0 aliphatic heterocycles. The Bertz CT molecular complexity index is 617. The molecule has 1 unspecified atom stereocenters. The molecule has 0 saturated heterocycles. The van der Waals surface area contributed by atoms with Gasteiger partial charge < -0.3 is 10.1 Å². The minimum atomic E-state index is 0.329. The average molecular weight is 281 g/mol. The van der Waals surface area contributed by atoms with Gasteiger partial charge in [0.15, 0.2) is 0 Å². The number of rotatable bonds is 5. The van der Waals surface area contributed by atoms with Crippen LogP contribution < -0.4 is 10.1 Å². The van der Waals surface area contributed by atoms with Gasteiger partial charge in [-0.1, -0.05) is 31.2 Å². The number of fused-ring (bicyclic) bond motifs is 1. The zero-order valence-electron chi connectivity index (χ0n) is 12.9. The van der Waals surface area contributed by atoms with Crippen molar-refractivity contribution >= 4 is 0 Å². The maximum absolute atomic E-state index is 6.18. The molecule has 2 aromatic rings. The van der Waals surface area contributed by atoms with Crippen LogP contribution in [0.25, 0.3) is 0 Å². The van der Waals surface area contributed by atoms with E-state index >= 15 is 0 Å². The molecule has 0 fully saturated rings. The number of para-hydroxylation sites is 1. The number of benzene rings is 2. The SMILES string of the molecule is CCC(NC)c1ccccc1Oc1ccc2c(c1)CCC2. The van der Waals surface area contributed by atoms with Crippen LogP contribution in [0.2, 0.25) is 0 Å². The highest BCUT2D eigenvalue weighted by molar-refractivity contribution is 5.43. The first-order valence-electron chi connectivity index (χ1n) is 7.87. The average Bonchev–Trinajstić information content (AvgIpc) is 2.98. The predicted octanol–water partition coefficient (Wildman–Crippen LogP) is 4.64. The fraction of sp³-hybridized carbons (Fsp3) is 0.368. The summed E-state index contributed by atoms with van der Waals surface area (Å²) >= 11 is 0. The Morgan fingerprint density at radius 2 is 1.90 bits per heavy atom. The summed E-state index contributed by atoms with van der Waals surface area (Å²) in [6.45, 7) is 2.19. The van der Waals surface area contributed by atoms with E-state index in [1.54, 1.807) is 0 Å². The number of aryl methyl sites for hydroxylation is 2. The lowest BCUT2D eigenvalue weighted by molar-refractivity contribution is 0.458. The smallest absolute Gasteiger partial charge is 0.132 e. The highest BCUT2D eigenvalue weighted by Crippen LogP contribution is 2.33. The number of hydrogen-bond acceptors (Lipinski definition) is 2. The van der Waals surface area contributed by atoms with Gasteiger partial charge in [0, 0.05) is 11.6 Å². The molecule has 0 bridgehead atoms. The van der Waals surface area contributed by atoms with Gasteiger partial charge in [-0.05, 0) is 62.1 Å². The van der Waals surface area contributed by atoms with Crippen molar-refractivity contribution in [3.63, 3.8) is 0 Å². The molecule has 0 amide bonds. The van der Waals surface area contributed by atoms with E-state index in [0.717, 1.165) is 17.9 Å². The lowest BCUT2D eigenvalue weighted by atomic mass is 10.0. The van der Waals surface area contributed by atoms with Gasteiger partial charge in [-0.3, -0.25) is 0 Å². The monoisotopic (exact) mass is 281 g/mol. The highest BCUT2D eigenvalue weighted by atomic mass is 16.5. The van der Waals surface area contributed by atoms with Crippen LogP contribution in [0.5, 0.6) is 11.5 Å². The van der Waals surface area contributed by atoms with Crippen molar-refractivity contribution in [1.82, 2.24) is 5.32 Å². The first kappa shape index (κ1) is 14.2. The molecule has 1 aliphatic carbocycles. The zero-order chi connectivity index (χ0) is 14.7. The van der Waals surface area contributed by atoms with Crippen LogP contribution >= 0.6 is 0 Å². The highest BCUT2D eigenvalue weighted by Gasteiger charge is 2.15. The molecule has 2 heteroatoms. The third-order valence-corrected chi connectivity index (χ3v) is 4.35. The molecule has 3 rings (SSSR count). The largest absolute Gasteiger partial charge is 0.457 e. The second kappa shape index (κ2) is 6.31. The van der Waals surface area contributed by atoms with E-state index < -0.39 is 0 Å². The van der Waals surface area contributed by atoms with Gasteiger partial charge in [0.05, 0.1) is 0 Å². The lowest BCUT2D eigenvalue weighted by Crippen LogP contribution is -2.15. The molecule has 0 heterocycles. The van der Waals surface area contributed by atoms with E-state index in [0.29, 0.717) is 6.04 Å². The van der Waals surface area contributed by atoms with Gasteiger partial charge in [0.1, 0.15) is 11.5 Å². The minimum absolute atomic E-state index is 0.329. The first-order chi connectivity index (χ1) is 10.3. The van der Waals surface area contributed by atoms with Crippen molar-refractivity contribution < 1.29 is 4.74 Å². The van der Waals surface area contributed by atoms with Gasteiger partial charge >= 0.3 is 0 Å². The molecule has 110 valence electrons. The summed E-state index contributed by atoms with van der Waals surface area (Å²) in [5, 5.41) is 3.36. The maximum atomic E-state index is 6.18. The minimum Gasteiger partial charge on any atom is -0.457 e. The fourth-order valence-corrected chi connectivity index (χ4v) is 3.18. The van der Waals surface area contributed by atoms with E-state index in [1.165, 1.54) is 36.0 Å². The van der Waals surface area contributed by atoms with Crippen molar-refractivity contribution in [1.29, 1.82) is 0 Å². The summed E-state index contributed by atoms with van der Waals surface area (Å²) < 4.78 is 6.18. The van der Waals surface area contributed by atoms with Gasteiger partial charge in [-0.2, -0.15) is 0 Å². The van der Waals surface area contributed by atoms with Crippen LogP contribution in [0, 0.1) is 0 Å². The molecule has 0 radical (unpaired) electrons. The molecule has 0 spiro atoms. The Kier molecular flexibility index (Phi) is 4.26. The van der Waals surface area contributed by atoms with Crippen molar-refractivity contribution in [3.8, 4) is 11.5 Å². The summed E-state index contributed by atoms with van der Waals surface area (Å²) in [5.41, 5.74) is 4.16. The molecule has 1 aliphatic rings. The zero-order valence-corrected chi connectivity index (χ0v) is 12.9. The molecule has 1 atom stereocenters. The van der Waals surface area contributed by atoms with Crippen LogP contribution in [-0.2, 0) is 12.8 Å². The molecule has 0 saturated carbocycles. The van der Waals surface area contributed by atoms with E-state index in [9.17, 15) is 0 Å². The summed E-state index contributed by atoms with van der Waals surface area (Å²) in [6, 6.07) is 15.2. The van der Waals surface area contributed by atoms with Gasteiger partial charge in [0.25, 0.3) is 0 Å². The van der Waals surface area contributed by atoms with E-state index in [4.69, 9.17) is 4.74 Å². The normalized spacial score (nSPS) is 14.8. The number of ether oxygens (including phenoxy) is 1. The second-order valence-corrected chi connectivity index (χ2v) is 5.67. The van der Waals surface area contributed by atoms with Gasteiger partial charge in [0.2, 0.25) is 0 Å². The Morgan fingerprint density at radius 3 is 2.71 bits per heavy atom. The van der Waals surface area contributed by atoms with Crippen LogP contribution in [0.1, 0.15) is 42.5 Å². The van der Waals surface area contributed by atoms with E-state index in [2.05, 4.69) is 48.6 Å². The molecule has 2 aromatic carbocycles. The Balaban J connectivity index is 1.88. The van der Waals surface area contributed by atoms with Crippen molar-refractivity contribution in [2.75, 3.05) is 7.05 Å². The Hall–Kier alpha value is -1.80. The van der Waals surface area contributed by atoms with Crippen molar-refractivity contribution in [2.45, 2.75) is 38.6 Å². The van der Waals surface area contributed by atoms with E-state index in [1.807, 2.05) is 13.1 Å². The molecule has 21 heavy (non-hydrogen) atoms. The van der Waals surface area contributed by atoms with Gasteiger partial charge in [-0.25, -0.2) is 0 Å². The third-order valence-electron chi connectivity index (χ3n) is 4.35. The molecular formula is C19H23NO. The van der Waals surface area contributed by atoms with Crippen molar-refractivity contribution in [2.24, 2.45) is 0 Å². The molecule has 0 aromatic heterocycles. The topological polar surface area (TPSA) is 21.3 Å². The molecule has 2 nitrogen and oxygen atoms in total. The van der Waals surface area contributed by atoms with E-state index in [-0.39, 0.29) is 0 Å². The Morgan fingerprint density at radius 1 is 1.10 bits per heavy atom. The second-order valence-electron chi connectivity index (χ2n) is 5.67. The van der Waals surface area contributed by atoms with Crippen LogP contribution in [0.4, 0.5) is 0 Å². The standard InChI is InChI=1S/C19H23NO/c1-3-18(20-2)17-9-4-5-10-19(17)21-16-12-11-14-7-6-8-15(14)13-16/h4-5,9-13,18,20H,3,6-8H2,1-2H3. The molecular weight excluding hydrogens is 258 g/mol. The fourth-order valence-electron chi connectivity index (χ4n) is 3.18. The summed E-state index contributed by atoms with van der Waals surface area (Å²) in [6.07, 6.45) is 4.71. The maximum Gasteiger partial charge on any atom is 0.132 e. The Labute approximate surface area is 127 Å².